The first-order valence-electron chi connectivity index (χ1n) is 8.31. The fourth-order valence-corrected chi connectivity index (χ4v) is 2.71. The number of aryl methyl sites for hydroxylation is 1. The van der Waals surface area contributed by atoms with Crippen LogP contribution in [-0.4, -0.2) is 21.5 Å². The first-order chi connectivity index (χ1) is 13.1. The summed E-state index contributed by atoms with van der Waals surface area (Å²) in [4.78, 5) is 29.1. The van der Waals surface area contributed by atoms with Crippen molar-refractivity contribution in [3.8, 4) is 0 Å². The molecule has 2 aromatic heterocycles. The summed E-state index contributed by atoms with van der Waals surface area (Å²) >= 11 is 0. The summed E-state index contributed by atoms with van der Waals surface area (Å²) in [6.45, 7) is 1.85. The first kappa shape index (κ1) is 16.6. The topological polar surface area (TPSA) is 89.2 Å². The SMILES string of the molecule is Cc1ccc(C(=O)Nn2cnc3ccccc32)cc1NC(=O)c1ccco1. The summed E-state index contributed by atoms with van der Waals surface area (Å²) < 4.78 is 6.66. The Kier molecular flexibility index (Phi) is 4.18. The molecule has 0 aliphatic heterocycles. The van der Waals surface area contributed by atoms with Crippen LogP contribution in [0.15, 0.2) is 71.6 Å². The Labute approximate surface area is 154 Å². The highest BCUT2D eigenvalue weighted by Crippen LogP contribution is 2.19. The van der Waals surface area contributed by atoms with Crippen molar-refractivity contribution in [2.75, 3.05) is 10.7 Å². The van der Waals surface area contributed by atoms with E-state index in [2.05, 4.69) is 15.7 Å². The lowest BCUT2D eigenvalue weighted by Crippen LogP contribution is -2.22. The Morgan fingerprint density at radius 1 is 1.04 bits per heavy atom. The van der Waals surface area contributed by atoms with Crippen molar-refractivity contribution in [2.24, 2.45) is 0 Å². The van der Waals surface area contributed by atoms with Crippen molar-refractivity contribution in [1.82, 2.24) is 9.66 Å². The molecule has 0 bridgehead atoms. The summed E-state index contributed by atoms with van der Waals surface area (Å²) in [5.74, 6) is -0.484. The second-order valence-electron chi connectivity index (χ2n) is 6.01. The van der Waals surface area contributed by atoms with Gasteiger partial charge in [-0.3, -0.25) is 15.0 Å². The average Bonchev–Trinajstić information content (AvgIpc) is 3.34. The third kappa shape index (κ3) is 3.30. The maximum Gasteiger partial charge on any atom is 0.291 e. The standard InChI is InChI=1S/C20H16N4O3/c1-13-8-9-14(11-16(13)22-20(26)18-7-4-10-27-18)19(25)23-24-12-21-15-5-2-3-6-17(15)24/h2-12H,1H3,(H,22,26)(H,23,25). The molecular weight excluding hydrogens is 344 g/mol. The van der Waals surface area contributed by atoms with Crippen LogP contribution in [0.25, 0.3) is 11.0 Å². The van der Waals surface area contributed by atoms with Gasteiger partial charge in [-0.1, -0.05) is 18.2 Å². The number of aromatic nitrogens is 2. The van der Waals surface area contributed by atoms with E-state index in [1.165, 1.54) is 6.26 Å². The average molecular weight is 360 g/mol. The number of anilines is 1. The van der Waals surface area contributed by atoms with Gasteiger partial charge >= 0.3 is 0 Å². The number of carbonyl (C=O) groups excluding carboxylic acids is 2. The molecular formula is C20H16N4O3. The fourth-order valence-electron chi connectivity index (χ4n) is 2.71. The predicted octanol–water partition coefficient (Wildman–Crippen LogP) is 3.57. The van der Waals surface area contributed by atoms with E-state index in [0.29, 0.717) is 11.3 Å². The quantitative estimate of drug-likeness (QED) is 0.582. The number of rotatable bonds is 4. The van der Waals surface area contributed by atoms with Gasteiger partial charge in [0.2, 0.25) is 0 Å². The molecule has 2 amide bonds. The Morgan fingerprint density at radius 3 is 2.70 bits per heavy atom. The third-order valence-electron chi connectivity index (χ3n) is 4.17. The van der Waals surface area contributed by atoms with Crippen LogP contribution in [0.1, 0.15) is 26.5 Å². The Balaban J connectivity index is 1.56. The van der Waals surface area contributed by atoms with Crippen LogP contribution in [0.5, 0.6) is 0 Å². The molecule has 2 aromatic carbocycles. The molecule has 134 valence electrons. The van der Waals surface area contributed by atoms with Crippen LogP contribution in [-0.2, 0) is 0 Å². The van der Waals surface area contributed by atoms with E-state index < -0.39 is 0 Å². The number of carbonyl (C=O) groups is 2. The maximum absolute atomic E-state index is 12.6. The lowest BCUT2D eigenvalue weighted by atomic mass is 10.1. The van der Waals surface area contributed by atoms with Gasteiger partial charge in [-0.2, -0.15) is 0 Å². The van der Waals surface area contributed by atoms with Crippen molar-refractivity contribution in [1.29, 1.82) is 0 Å². The van der Waals surface area contributed by atoms with Crippen molar-refractivity contribution >= 4 is 28.5 Å². The lowest BCUT2D eigenvalue weighted by Gasteiger charge is -2.11. The van der Waals surface area contributed by atoms with Crippen LogP contribution in [0.4, 0.5) is 5.69 Å². The minimum atomic E-state index is -0.374. The molecule has 0 unspecified atom stereocenters. The van der Waals surface area contributed by atoms with Gasteiger partial charge in [-0.05, 0) is 48.9 Å². The minimum absolute atomic E-state index is 0.203. The van der Waals surface area contributed by atoms with Gasteiger partial charge in [-0.25, -0.2) is 9.66 Å². The van der Waals surface area contributed by atoms with E-state index in [1.54, 1.807) is 41.3 Å². The van der Waals surface area contributed by atoms with Crippen LogP contribution in [0.2, 0.25) is 0 Å². The highest BCUT2D eigenvalue weighted by molar-refractivity contribution is 6.05. The Morgan fingerprint density at radius 2 is 1.89 bits per heavy atom. The minimum Gasteiger partial charge on any atom is -0.459 e. The van der Waals surface area contributed by atoms with Crippen LogP contribution in [0, 0.1) is 6.92 Å². The van der Waals surface area contributed by atoms with Crippen molar-refractivity contribution in [2.45, 2.75) is 6.92 Å². The molecule has 2 N–H and O–H groups in total. The molecule has 0 radical (unpaired) electrons. The highest BCUT2D eigenvalue weighted by atomic mass is 16.3. The van der Waals surface area contributed by atoms with Gasteiger partial charge < -0.3 is 9.73 Å². The Bertz CT molecular complexity index is 1130. The number of amides is 2. The molecule has 27 heavy (non-hydrogen) atoms. The van der Waals surface area contributed by atoms with Crippen molar-refractivity contribution in [3.05, 3.63) is 84.1 Å². The Hall–Kier alpha value is -3.87. The van der Waals surface area contributed by atoms with Crippen molar-refractivity contribution < 1.29 is 14.0 Å². The number of imidazole rings is 1. The smallest absolute Gasteiger partial charge is 0.291 e. The molecule has 7 heteroatoms. The lowest BCUT2D eigenvalue weighted by molar-refractivity contribution is 0.0991. The maximum atomic E-state index is 12.6. The van der Waals surface area contributed by atoms with Gasteiger partial charge in [0.25, 0.3) is 11.8 Å². The number of nitrogens with one attached hydrogen (secondary N) is 2. The molecule has 4 aromatic rings. The second-order valence-corrected chi connectivity index (χ2v) is 6.01. The van der Waals surface area contributed by atoms with Gasteiger partial charge in [-0.15, -0.1) is 0 Å². The highest BCUT2D eigenvalue weighted by Gasteiger charge is 2.14. The van der Waals surface area contributed by atoms with Gasteiger partial charge in [0, 0.05) is 11.3 Å². The molecule has 7 nitrogen and oxygen atoms in total. The van der Waals surface area contributed by atoms with Crippen molar-refractivity contribution in [3.63, 3.8) is 0 Å². The van der Waals surface area contributed by atoms with Gasteiger partial charge in [0.05, 0.1) is 17.3 Å². The van der Waals surface area contributed by atoms with Gasteiger partial charge in [0.15, 0.2) is 5.76 Å². The summed E-state index contributed by atoms with van der Waals surface area (Å²) in [6.07, 6.45) is 2.98. The zero-order chi connectivity index (χ0) is 18.8. The number of nitrogens with zero attached hydrogens (tertiary/aromatic N) is 2. The number of hydrogen-bond acceptors (Lipinski definition) is 4. The molecule has 0 aliphatic carbocycles. The molecule has 2 heterocycles. The van der Waals surface area contributed by atoms with E-state index in [1.807, 2.05) is 31.2 Å². The summed E-state index contributed by atoms with van der Waals surface area (Å²) in [6, 6.07) is 15.8. The molecule has 0 saturated heterocycles. The zero-order valence-corrected chi connectivity index (χ0v) is 14.5. The number of para-hydroxylation sites is 2. The van der Waals surface area contributed by atoms with Crippen LogP contribution < -0.4 is 10.7 Å². The van der Waals surface area contributed by atoms with E-state index in [0.717, 1.165) is 16.6 Å². The van der Waals surface area contributed by atoms with E-state index in [-0.39, 0.29) is 17.6 Å². The van der Waals surface area contributed by atoms with Gasteiger partial charge in [0.1, 0.15) is 6.33 Å². The predicted molar refractivity (Wildman–Crippen MR) is 101 cm³/mol. The molecule has 4 rings (SSSR count). The van der Waals surface area contributed by atoms with E-state index >= 15 is 0 Å². The summed E-state index contributed by atoms with van der Waals surface area (Å²) in [5.41, 5.74) is 6.16. The molecule has 0 fully saturated rings. The number of furan rings is 1. The van der Waals surface area contributed by atoms with Crippen LogP contribution >= 0.6 is 0 Å². The largest absolute Gasteiger partial charge is 0.459 e. The molecule has 0 aliphatic rings. The summed E-state index contributed by atoms with van der Waals surface area (Å²) in [5, 5.41) is 2.76. The fraction of sp³-hybridized carbons (Fsp3) is 0.0500. The zero-order valence-electron chi connectivity index (χ0n) is 14.5. The van der Waals surface area contributed by atoms with Crippen LogP contribution in [0.3, 0.4) is 0 Å². The number of benzene rings is 2. The molecule has 0 spiro atoms. The monoisotopic (exact) mass is 360 g/mol. The number of hydrogen-bond donors (Lipinski definition) is 2. The molecule has 0 atom stereocenters. The first-order valence-corrected chi connectivity index (χ1v) is 8.31. The second kappa shape index (κ2) is 6.80. The molecule has 0 saturated carbocycles. The third-order valence-corrected chi connectivity index (χ3v) is 4.17. The van der Waals surface area contributed by atoms with E-state index in [9.17, 15) is 9.59 Å². The summed E-state index contributed by atoms with van der Waals surface area (Å²) in [7, 11) is 0. The number of fused-ring (bicyclic) bond motifs is 1. The normalized spacial score (nSPS) is 10.7. The van der Waals surface area contributed by atoms with E-state index in [4.69, 9.17) is 4.42 Å².